The van der Waals surface area contributed by atoms with E-state index in [9.17, 15) is 4.79 Å². The van der Waals surface area contributed by atoms with Crippen LogP contribution in [0.2, 0.25) is 0 Å². The highest BCUT2D eigenvalue weighted by molar-refractivity contribution is 5.70. The van der Waals surface area contributed by atoms with Crippen LogP contribution in [0.1, 0.15) is 11.1 Å². The van der Waals surface area contributed by atoms with Gasteiger partial charge in [0.1, 0.15) is 0 Å². The molecule has 5 heteroatoms. The normalized spacial score (nSPS) is 21.0. The van der Waals surface area contributed by atoms with Gasteiger partial charge in [0.2, 0.25) is 0 Å². The van der Waals surface area contributed by atoms with Crippen molar-refractivity contribution in [1.82, 2.24) is 9.80 Å². The molecule has 2 rings (SSSR count). The summed E-state index contributed by atoms with van der Waals surface area (Å²) in [5.74, 6) is -0.786. The molecule has 110 valence electrons. The van der Waals surface area contributed by atoms with Crippen molar-refractivity contribution in [1.29, 1.82) is 0 Å². The molecular weight excluding hydrogens is 254 g/mol. The molecule has 0 amide bonds. The highest BCUT2D eigenvalue weighted by atomic mass is 16.4. The van der Waals surface area contributed by atoms with E-state index in [2.05, 4.69) is 16.8 Å². The molecule has 1 heterocycles. The summed E-state index contributed by atoms with van der Waals surface area (Å²) in [7, 11) is 2.11. The number of carbonyl (C=O) groups is 1. The van der Waals surface area contributed by atoms with Gasteiger partial charge >= 0.3 is 5.97 Å². The van der Waals surface area contributed by atoms with Gasteiger partial charge in [-0.3, -0.25) is 9.69 Å². The average molecular weight is 277 g/mol. The van der Waals surface area contributed by atoms with E-state index in [1.165, 1.54) is 0 Å². The summed E-state index contributed by atoms with van der Waals surface area (Å²) < 4.78 is 0. The number of piperazine rings is 1. The Bertz CT molecular complexity index is 464. The molecule has 20 heavy (non-hydrogen) atoms. The zero-order chi connectivity index (χ0) is 14.5. The second-order valence-electron chi connectivity index (χ2n) is 5.46. The molecule has 1 aromatic carbocycles. The maximum atomic E-state index is 10.9. The highest BCUT2D eigenvalue weighted by Gasteiger charge is 2.24. The van der Waals surface area contributed by atoms with Crippen LogP contribution in [-0.2, 0) is 17.8 Å². The average Bonchev–Trinajstić information content (AvgIpc) is 2.42. The fraction of sp³-hybridized carbons (Fsp3) is 0.533. The van der Waals surface area contributed by atoms with Gasteiger partial charge in [0.25, 0.3) is 0 Å². The lowest BCUT2D eigenvalue weighted by atomic mass is 10.0. The number of nitrogens with zero attached hydrogens (tertiary/aromatic N) is 2. The Labute approximate surface area is 120 Å². The summed E-state index contributed by atoms with van der Waals surface area (Å²) >= 11 is 0. The van der Waals surface area contributed by atoms with E-state index in [-0.39, 0.29) is 6.42 Å². The van der Waals surface area contributed by atoms with Crippen molar-refractivity contribution in [3.05, 3.63) is 35.4 Å². The highest BCUT2D eigenvalue weighted by Crippen LogP contribution is 2.16. The molecule has 0 radical (unpaired) electrons. The Morgan fingerprint density at radius 2 is 2.05 bits per heavy atom. The van der Waals surface area contributed by atoms with Gasteiger partial charge in [0.05, 0.1) is 6.42 Å². The summed E-state index contributed by atoms with van der Waals surface area (Å²) in [5, 5.41) is 8.99. The number of hydrogen-bond donors (Lipinski definition) is 2. The third-order valence-electron chi connectivity index (χ3n) is 3.91. The van der Waals surface area contributed by atoms with Crippen molar-refractivity contribution in [3.63, 3.8) is 0 Å². The molecule has 0 aliphatic carbocycles. The first-order chi connectivity index (χ1) is 9.60. The zero-order valence-electron chi connectivity index (χ0n) is 12.0. The minimum atomic E-state index is -0.786. The number of rotatable bonds is 5. The Hall–Kier alpha value is -1.43. The van der Waals surface area contributed by atoms with Gasteiger partial charge in [-0.05, 0) is 18.2 Å². The first-order valence-corrected chi connectivity index (χ1v) is 7.01. The lowest BCUT2D eigenvalue weighted by Gasteiger charge is -2.39. The van der Waals surface area contributed by atoms with Crippen LogP contribution < -0.4 is 5.73 Å². The minimum absolute atomic E-state index is 0.0806. The van der Waals surface area contributed by atoms with E-state index < -0.39 is 5.97 Å². The molecule has 1 saturated heterocycles. The minimum Gasteiger partial charge on any atom is -0.481 e. The van der Waals surface area contributed by atoms with Crippen LogP contribution in [0.5, 0.6) is 0 Å². The number of nitrogens with two attached hydrogens (primary N) is 1. The summed E-state index contributed by atoms with van der Waals surface area (Å²) in [6, 6.07) is 8.12. The second kappa shape index (κ2) is 6.83. The Kier molecular flexibility index (Phi) is 5.11. The van der Waals surface area contributed by atoms with E-state index in [0.29, 0.717) is 12.6 Å². The van der Waals surface area contributed by atoms with Crippen molar-refractivity contribution in [2.75, 3.05) is 33.2 Å². The van der Waals surface area contributed by atoms with E-state index in [1.54, 1.807) is 0 Å². The topological polar surface area (TPSA) is 69.8 Å². The first-order valence-electron chi connectivity index (χ1n) is 7.01. The molecule has 0 saturated carbocycles. The molecule has 3 N–H and O–H groups in total. The maximum absolute atomic E-state index is 10.9. The van der Waals surface area contributed by atoms with Crippen molar-refractivity contribution in [2.24, 2.45) is 5.73 Å². The van der Waals surface area contributed by atoms with Gasteiger partial charge < -0.3 is 15.7 Å². The number of carboxylic acids is 1. The number of likely N-dealkylation sites (N-methyl/N-ethyl adjacent to an activating group) is 1. The van der Waals surface area contributed by atoms with Gasteiger partial charge in [-0.25, -0.2) is 0 Å². The fourth-order valence-electron chi connectivity index (χ4n) is 2.75. The molecule has 1 unspecified atom stereocenters. The Morgan fingerprint density at radius 1 is 1.35 bits per heavy atom. The third-order valence-corrected chi connectivity index (χ3v) is 3.91. The zero-order valence-corrected chi connectivity index (χ0v) is 12.0. The molecule has 1 atom stereocenters. The van der Waals surface area contributed by atoms with Crippen molar-refractivity contribution in [2.45, 2.75) is 19.0 Å². The third kappa shape index (κ3) is 3.79. The number of benzene rings is 1. The molecular formula is C15H23N3O2. The molecule has 0 spiro atoms. The van der Waals surface area contributed by atoms with Crippen LogP contribution in [0.25, 0.3) is 0 Å². The van der Waals surface area contributed by atoms with E-state index >= 15 is 0 Å². The monoisotopic (exact) mass is 277 g/mol. The summed E-state index contributed by atoms with van der Waals surface area (Å²) in [4.78, 5) is 15.6. The van der Waals surface area contributed by atoms with Crippen molar-refractivity contribution >= 4 is 5.97 Å². The molecule has 1 aromatic rings. The van der Waals surface area contributed by atoms with Crippen LogP contribution in [0, 0.1) is 0 Å². The Morgan fingerprint density at radius 3 is 2.70 bits per heavy atom. The van der Waals surface area contributed by atoms with Gasteiger partial charge in [0, 0.05) is 38.8 Å². The molecule has 1 aliphatic rings. The van der Waals surface area contributed by atoms with Crippen molar-refractivity contribution in [3.8, 4) is 0 Å². The SMILES string of the molecule is CN1CCN(Cc2ccccc2CC(=O)O)C(CN)C1. The lowest BCUT2D eigenvalue weighted by Crippen LogP contribution is -2.54. The lowest BCUT2D eigenvalue weighted by molar-refractivity contribution is -0.136. The summed E-state index contributed by atoms with van der Waals surface area (Å²) in [5.41, 5.74) is 7.86. The number of carboxylic acid groups (broad SMARTS) is 1. The summed E-state index contributed by atoms with van der Waals surface area (Å²) in [6.07, 6.45) is 0.0806. The second-order valence-corrected chi connectivity index (χ2v) is 5.46. The largest absolute Gasteiger partial charge is 0.481 e. The molecule has 0 aromatic heterocycles. The van der Waals surface area contributed by atoms with Crippen LogP contribution in [0.3, 0.4) is 0 Å². The number of aliphatic carboxylic acids is 1. The number of hydrogen-bond acceptors (Lipinski definition) is 4. The van der Waals surface area contributed by atoms with Gasteiger partial charge in [-0.2, -0.15) is 0 Å². The van der Waals surface area contributed by atoms with E-state index in [4.69, 9.17) is 10.8 Å². The molecule has 5 nitrogen and oxygen atoms in total. The van der Waals surface area contributed by atoms with Gasteiger partial charge in [0.15, 0.2) is 0 Å². The van der Waals surface area contributed by atoms with E-state index in [1.807, 2.05) is 24.3 Å². The fourth-order valence-corrected chi connectivity index (χ4v) is 2.75. The van der Waals surface area contributed by atoms with Gasteiger partial charge in [-0.1, -0.05) is 24.3 Å². The summed E-state index contributed by atoms with van der Waals surface area (Å²) in [6.45, 7) is 4.37. The molecule has 1 aliphatic heterocycles. The van der Waals surface area contributed by atoms with Crippen LogP contribution >= 0.6 is 0 Å². The molecule has 0 bridgehead atoms. The smallest absolute Gasteiger partial charge is 0.307 e. The van der Waals surface area contributed by atoms with Crippen LogP contribution in [-0.4, -0.2) is 60.1 Å². The predicted octanol–water partition coefficient (Wildman–Crippen LogP) is 0.388. The van der Waals surface area contributed by atoms with Crippen molar-refractivity contribution < 1.29 is 9.90 Å². The standard InChI is InChI=1S/C15H23N3O2/c1-17-6-7-18(14(9-16)11-17)10-13-5-3-2-4-12(13)8-15(19)20/h2-5,14H,6-11,16H2,1H3,(H,19,20). The quantitative estimate of drug-likeness (QED) is 0.815. The maximum Gasteiger partial charge on any atom is 0.307 e. The van der Waals surface area contributed by atoms with E-state index in [0.717, 1.165) is 37.3 Å². The predicted molar refractivity (Wildman–Crippen MR) is 78.5 cm³/mol. The Balaban J connectivity index is 2.10. The van der Waals surface area contributed by atoms with Crippen LogP contribution in [0.15, 0.2) is 24.3 Å². The molecule has 1 fully saturated rings. The van der Waals surface area contributed by atoms with Gasteiger partial charge in [-0.15, -0.1) is 0 Å². The van der Waals surface area contributed by atoms with Crippen LogP contribution in [0.4, 0.5) is 0 Å². The first kappa shape index (κ1) is 15.0.